The van der Waals surface area contributed by atoms with Crippen LogP contribution >= 0.6 is 0 Å². The minimum Gasteiger partial charge on any atom is -0.390 e. The third kappa shape index (κ3) is 2.67. The van der Waals surface area contributed by atoms with Crippen LogP contribution in [0.4, 0.5) is 0 Å². The molecule has 0 radical (unpaired) electrons. The van der Waals surface area contributed by atoms with Gasteiger partial charge in [-0.25, -0.2) is 4.98 Å². The van der Waals surface area contributed by atoms with Gasteiger partial charge in [-0.2, -0.15) is 0 Å². The highest BCUT2D eigenvalue weighted by atomic mass is 16.3. The second-order valence-corrected chi connectivity index (χ2v) is 5.43. The summed E-state index contributed by atoms with van der Waals surface area (Å²) >= 11 is 0. The molecule has 0 saturated heterocycles. The van der Waals surface area contributed by atoms with Crippen molar-refractivity contribution in [2.45, 2.75) is 46.3 Å². The molecule has 2 aromatic rings. The smallest absolute Gasteiger partial charge is 0.0958 e. The molecule has 1 aromatic carbocycles. The van der Waals surface area contributed by atoms with Gasteiger partial charge in [-0.15, -0.1) is 0 Å². The van der Waals surface area contributed by atoms with Crippen LogP contribution in [0.2, 0.25) is 0 Å². The molecule has 0 aliphatic carbocycles. The summed E-state index contributed by atoms with van der Waals surface area (Å²) in [6.45, 7) is 8.68. The minimum absolute atomic E-state index is 0.629. The maximum Gasteiger partial charge on any atom is 0.0958 e. The van der Waals surface area contributed by atoms with E-state index in [-0.39, 0.29) is 0 Å². The number of nitrogens with zero attached hydrogens (tertiary/aromatic N) is 2. The molecule has 3 heteroatoms. The van der Waals surface area contributed by atoms with Crippen LogP contribution in [0.15, 0.2) is 18.5 Å². The maximum absolute atomic E-state index is 9.75. The molecule has 1 heterocycles. The third-order valence-corrected chi connectivity index (χ3v) is 3.20. The standard InChI is InChI=1S/C14H20N2O/c1-10-7-12-13(8-11(10)2)16(9-15-12)6-5-14(3,4)17/h7-9,17H,5-6H2,1-4H3. The first-order valence-electron chi connectivity index (χ1n) is 6.01. The number of rotatable bonds is 3. The normalized spacial score (nSPS) is 12.3. The summed E-state index contributed by atoms with van der Waals surface area (Å²) in [5.41, 5.74) is 4.10. The van der Waals surface area contributed by atoms with Crippen LogP contribution < -0.4 is 0 Å². The summed E-state index contributed by atoms with van der Waals surface area (Å²) in [7, 11) is 0. The quantitative estimate of drug-likeness (QED) is 0.883. The van der Waals surface area contributed by atoms with Gasteiger partial charge >= 0.3 is 0 Å². The molecular formula is C14H20N2O. The number of aliphatic hydroxyl groups is 1. The molecule has 2 rings (SSSR count). The van der Waals surface area contributed by atoms with Gasteiger partial charge in [-0.3, -0.25) is 0 Å². The number of aromatic nitrogens is 2. The first-order chi connectivity index (χ1) is 7.87. The molecule has 0 unspecified atom stereocenters. The lowest BCUT2D eigenvalue weighted by Gasteiger charge is -2.17. The molecule has 0 aliphatic rings. The van der Waals surface area contributed by atoms with Crippen LogP contribution in [0, 0.1) is 13.8 Å². The highest BCUT2D eigenvalue weighted by Gasteiger charge is 2.13. The van der Waals surface area contributed by atoms with Crippen LogP contribution in [0.3, 0.4) is 0 Å². The molecule has 17 heavy (non-hydrogen) atoms. The Bertz CT molecular complexity index is 535. The molecule has 0 fully saturated rings. The molecule has 0 amide bonds. The van der Waals surface area contributed by atoms with Gasteiger partial charge in [0.05, 0.1) is 23.0 Å². The Hall–Kier alpha value is -1.35. The number of aryl methyl sites for hydroxylation is 3. The second kappa shape index (κ2) is 4.15. The Kier molecular flexibility index (Phi) is 2.96. The Labute approximate surface area is 102 Å². The van der Waals surface area contributed by atoms with Gasteiger partial charge in [0.1, 0.15) is 0 Å². The van der Waals surface area contributed by atoms with E-state index >= 15 is 0 Å². The zero-order valence-corrected chi connectivity index (χ0v) is 11.0. The van der Waals surface area contributed by atoms with Gasteiger partial charge in [0, 0.05) is 6.54 Å². The zero-order chi connectivity index (χ0) is 12.6. The number of fused-ring (bicyclic) bond motifs is 1. The SMILES string of the molecule is Cc1cc2ncn(CCC(C)(C)O)c2cc1C. The van der Waals surface area contributed by atoms with Crippen molar-refractivity contribution in [3.05, 3.63) is 29.6 Å². The zero-order valence-electron chi connectivity index (χ0n) is 11.0. The molecule has 3 nitrogen and oxygen atoms in total. The molecule has 1 N–H and O–H groups in total. The van der Waals surface area contributed by atoms with Crippen molar-refractivity contribution >= 4 is 11.0 Å². The second-order valence-electron chi connectivity index (χ2n) is 5.43. The van der Waals surface area contributed by atoms with E-state index in [9.17, 15) is 5.11 Å². The fourth-order valence-corrected chi connectivity index (χ4v) is 1.89. The lowest BCUT2D eigenvalue weighted by molar-refractivity contribution is 0.0665. The fourth-order valence-electron chi connectivity index (χ4n) is 1.89. The number of hydrogen-bond donors (Lipinski definition) is 1. The van der Waals surface area contributed by atoms with E-state index in [1.165, 1.54) is 11.1 Å². The highest BCUT2D eigenvalue weighted by Crippen LogP contribution is 2.19. The molecule has 0 saturated carbocycles. The van der Waals surface area contributed by atoms with E-state index in [2.05, 4.69) is 35.5 Å². The average Bonchev–Trinajstić information content (AvgIpc) is 2.57. The van der Waals surface area contributed by atoms with Gasteiger partial charge in [-0.05, 0) is 57.4 Å². The molecule has 0 bridgehead atoms. The summed E-state index contributed by atoms with van der Waals surface area (Å²) in [5, 5.41) is 9.75. The van der Waals surface area contributed by atoms with Crippen molar-refractivity contribution in [3.8, 4) is 0 Å². The van der Waals surface area contributed by atoms with Crippen molar-refractivity contribution < 1.29 is 5.11 Å². The molecule has 92 valence electrons. The van der Waals surface area contributed by atoms with Gasteiger partial charge in [0.25, 0.3) is 0 Å². The van der Waals surface area contributed by atoms with Crippen LogP contribution in [0.1, 0.15) is 31.4 Å². The van der Waals surface area contributed by atoms with Crippen LogP contribution in [-0.2, 0) is 6.54 Å². The van der Waals surface area contributed by atoms with Crippen LogP contribution in [-0.4, -0.2) is 20.3 Å². The van der Waals surface area contributed by atoms with Crippen molar-refractivity contribution in [2.75, 3.05) is 0 Å². The Morgan fingerprint density at radius 2 is 1.88 bits per heavy atom. The number of hydrogen-bond acceptors (Lipinski definition) is 2. The van der Waals surface area contributed by atoms with E-state index in [0.29, 0.717) is 0 Å². The van der Waals surface area contributed by atoms with Crippen molar-refractivity contribution in [2.24, 2.45) is 0 Å². The van der Waals surface area contributed by atoms with Gasteiger partial charge in [0.2, 0.25) is 0 Å². The van der Waals surface area contributed by atoms with Crippen LogP contribution in [0.5, 0.6) is 0 Å². The highest BCUT2D eigenvalue weighted by molar-refractivity contribution is 5.77. The van der Waals surface area contributed by atoms with E-state index in [4.69, 9.17) is 0 Å². The summed E-state index contributed by atoms with van der Waals surface area (Å²) < 4.78 is 2.11. The number of imidazole rings is 1. The number of benzene rings is 1. The van der Waals surface area contributed by atoms with Crippen molar-refractivity contribution in [1.29, 1.82) is 0 Å². The van der Waals surface area contributed by atoms with E-state index in [1.54, 1.807) is 0 Å². The molecule has 0 spiro atoms. The molecule has 1 aromatic heterocycles. The predicted molar refractivity (Wildman–Crippen MR) is 70.1 cm³/mol. The lowest BCUT2D eigenvalue weighted by Crippen LogP contribution is -2.20. The largest absolute Gasteiger partial charge is 0.390 e. The van der Waals surface area contributed by atoms with Gasteiger partial charge < -0.3 is 9.67 Å². The maximum atomic E-state index is 9.75. The molecule has 0 atom stereocenters. The van der Waals surface area contributed by atoms with Crippen molar-refractivity contribution in [1.82, 2.24) is 9.55 Å². The summed E-state index contributed by atoms with van der Waals surface area (Å²) in [6.07, 6.45) is 2.58. The van der Waals surface area contributed by atoms with Gasteiger partial charge in [0.15, 0.2) is 0 Å². The topological polar surface area (TPSA) is 38.0 Å². The van der Waals surface area contributed by atoms with Crippen LogP contribution in [0.25, 0.3) is 11.0 Å². The van der Waals surface area contributed by atoms with E-state index < -0.39 is 5.60 Å². The predicted octanol–water partition coefficient (Wildman–Crippen LogP) is 2.81. The third-order valence-electron chi connectivity index (χ3n) is 3.20. The fraction of sp³-hybridized carbons (Fsp3) is 0.500. The Morgan fingerprint density at radius 1 is 1.24 bits per heavy atom. The molecular weight excluding hydrogens is 212 g/mol. The average molecular weight is 232 g/mol. The summed E-state index contributed by atoms with van der Waals surface area (Å²) in [4.78, 5) is 4.40. The first-order valence-corrected chi connectivity index (χ1v) is 6.01. The van der Waals surface area contributed by atoms with E-state index in [1.807, 2.05) is 20.2 Å². The van der Waals surface area contributed by atoms with Crippen molar-refractivity contribution in [3.63, 3.8) is 0 Å². The Balaban J connectivity index is 2.33. The Morgan fingerprint density at radius 3 is 2.53 bits per heavy atom. The van der Waals surface area contributed by atoms with Gasteiger partial charge in [-0.1, -0.05) is 0 Å². The van der Waals surface area contributed by atoms with E-state index in [0.717, 1.165) is 24.0 Å². The lowest BCUT2D eigenvalue weighted by atomic mass is 10.1. The summed E-state index contributed by atoms with van der Waals surface area (Å²) in [5.74, 6) is 0. The first kappa shape index (κ1) is 12.1. The summed E-state index contributed by atoms with van der Waals surface area (Å²) in [6, 6.07) is 4.29. The monoisotopic (exact) mass is 232 g/mol. The molecule has 0 aliphatic heterocycles. The minimum atomic E-state index is -0.629.